The maximum atomic E-state index is 5.26. The molecule has 9 nitrogen and oxygen atoms in total. The van der Waals surface area contributed by atoms with Crippen molar-refractivity contribution in [2.75, 3.05) is 0 Å². The Labute approximate surface area is 382 Å². The normalized spacial score (nSPS) is 15.1. The summed E-state index contributed by atoms with van der Waals surface area (Å²) in [5, 5.41) is 0. The fourth-order valence-electron chi connectivity index (χ4n) is 11.8. The van der Waals surface area contributed by atoms with Crippen LogP contribution in [0, 0.1) is 6.33 Å². The van der Waals surface area contributed by atoms with Gasteiger partial charge >= 0.3 is 0 Å². The molecule has 0 N–H and O–H groups in total. The molecule has 8 heterocycles. The Balaban J connectivity index is 1.13. The van der Waals surface area contributed by atoms with Crippen molar-refractivity contribution in [1.29, 1.82) is 0 Å². The van der Waals surface area contributed by atoms with Crippen LogP contribution in [0.3, 0.4) is 0 Å². The molecule has 0 saturated heterocycles. The molecule has 3 aliphatic rings. The highest BCUT2D eigenvalue weighted by Crippen LogP contribution is 2.60. The second-order valence-corrected chi connectivity index (χ2v) is 17.9. The van der Waals surface area contributed by atoms with Crippen LogP contribution >= 0.6 is 0 Å². The minimum Gasteiger partial charge on any atom is -0.354 e. The number of hydrogen-bond donors (Lipinski definition) is 0. The van der Waals surface area contributed by atoms with Crippen molar-refractivity contribution < 1.29 is 4.57 Å². The monoisotopic (exact) mass is 851 g/mol. The molecule has 2 aromatic carbocycles. The second-order valence-electron chi connectivity index (χ2n) is 17.9. The number of fused-ring (bicyclic) bond motifs is 9. The fourth-order valence-corrected chi connectivity index (χ4v) is 11.8. The minimum atomic E-state index is -0.873. The van der Waals surface area contributed by atoms with Gasteiger partial charge in [0.05, 0.1) is 23.6 Å². The highest BCUT2D eigenvalue weighted by atomic mass is 15.2. The number of rotatable bonds is 7. The highest BCUT2D eigenvalue weighted by Gasteiger charge is 2.53. The molecule has 0 spiro atoms. The van der Waals surface area contributed by atoms with E-state index in [1.807, 2.05) is 86.0 Å². The Bertz CT molecular complexity index is 3450. The first-order chi connectivity index (χ1) is 32.5. The van der Waals surface area contributed by atoms with Gasteiger partial charge in [-0.25, -0.2) is 0 Å². The third-order valence-electron chi connectivity index (χ3n) is 14.5. The molecule has 9 heteroatoms. The van der Waals surface area contributed by atoms with Crippen LogP contribution in [0.15, 0.2) is 190 Å². The Kier molecular flexibility index (Phi) is 8.16. The smallest absolute Gasteiger partial charge is 0.204 e. The lowest BCUT2D eigenvalue weighted by atomic mass is 9.64. The predicted octanol–water partition coefficient (Wildman–Crippen LogP) is 9.55. The van der Waals surface area contributed by atoms with Gasteiger partial charge in [-0.15, -0.1) is 0 Å². The van der Waals surface area contributed by atoms with E-state index in [1.165, 1.54) is 5.56 Å². The molecule has 0 bridgehead atoms. The lowest BCUT2D eigenvalue weighted by Gasteiger charge is -2.38. The molecule has 0 saturated carbocycles. The molecule has 0 unspecified atom stereocenters. The van der Waals surface area contributed by atoms with Crippen molar-refractivity contribution in [3.63, 3.8) is 0 Å². The van der Waals surface area contributed by atoms with E-state index in [0.29, 0.717) is 5.92 Å². The van der Waals surface area contributed by atoms with Gasteiger partial charge < -0.3 is 9.13 Å². The number of benzene rings is 2. The summed E-state index contributed by atoms with van der Waals surface area (Å²) in [6, 6.07) is 35.4. The summed E-state index contributed by atoms with van der Waals surface area (Å²) in [5.41, 5.74) is 17.0. The van der Waals surface area contributed by atoms with E-state index in [1.54, 1.807) is 0 Å². The van der Waals surface area contributed by atoms with E-state index in [-0.39, 0.29) is 0 Å². The van der Waals surface area contributed by atoms with Crippen LogP contribution in [0.5, 0.6) is 0 Å². The maximum absolute atomic E-state index is 5.26. The molecular weight excluding hydrogens is 811 g/mol. The van der Waals surface area contributed by atoms with Crippen LogP contribution in [0.1, 0.15) is 86.7 Å². The zero-order valence-corrected chi connectivity index (χ0v) is 36.5. The van der Waals surface area contributed by atoms with Crippen LogP contribution in [0.4, 0.5) is 0 Å². The molecule has 0 aliphatic heterocycles. The summed E-state index contributed by atoms with van der Waals surface area (Å²) in [6.07, 6.45) is 33.2. The molecule has 66 heavy (non-hydrogen) atoms. The predicted molar refractivity (Wildman–Crippen MR) is 251 cm³/mol. The van der Waals surface area contributed by atoms with E-state index >= 15 is 0 Å². The van der Waals surface area contributed by atoms with Gasteiger partial charge in [0.2, 0.25) is 6.33 Å². The van der Waals surface area contributed by atoms with Crippen molar-refractivity contribution in [2.45, 2.75) is 36.1 Å². The number of hydrogen-bond acceptors (Lipinski definition) is 7. The third kappa shape index (κ3) is 4.89. The molecule has 0 radical (unpaired) electrons. The van der Waals surface area contributed by atoms with Gasteiger partial charge in [-0.1, -0.05) is 56.3 Å². The van der Waals surface area contributed by atoms with Crippen LogP contribution < -0.4 is 4.57 Å². The van der Waals surface area contributed by atoms with Gasteiger partial charge in [-0.3, -0.25) is 34.9 Å². The van der Waals surface area contributed by atoms with Crippen molar-refractivity contribution in [2.24, 2.45) is 7.05 Å². The summed E-state index contributed by atoms with van der Waals surface area (Å²) in [6.45, 7) is 4.46. The topological polar surface area (TPSA) is 99.0 Å². The van der Waals surface area contributed by atoms with Crippen LogP contribution in [0.2, 0.25) is 0 Å². The van der Waals surface area contributed by atoms with E-state index in [0.717, 1.165) is 94.7 Å². The van der Waals surface area contributed by atoms with Gasteiger partial charge in [-0.05, 0) is 151 Å². The molecule has 314 valence electrons. The summed E-state index contributed by atoms with van der Waals surface area (Å²) in [7, 11) is 2.01. The fraction of sp³-hybridized carbons (Fsp3) is 0.123. The largest absolute Gasteiger partial charge is 0.354 e. The maximum Gasteiger partial charge on any atom is 0.204 e. The van der Waals surface area contributed by atoms with Crippen molar-refractivity contribution in [3.05, 3.63) is 263 Å². The average Bonchev–Trinajstić information content (AvgIpc) is 4.11. The molecule has 13 rings (SSSR count). The summed E-state index contributed by atoms with van der Waals surface area (Å²) in [5.74, 6) is 0.292. The Hall–Kier alpha value is -8.30. The van der Waals surface area contributed by atoms with E-state index in [2.05, 4.69) is 140 Å². The first kappa shape index (κ1) is 38.2. The second kappa shape index (κ2) is 14.1. The summed E-state index contributed by atoms with van der Waals surface area (Å²) >= 11 is 0. The van der Waals surface area contributed by atoms with Crippen LogP contribution in [-0.4, -0.2) is 39.5 Å². The quantitative estimate of drug-likeness (QED) is 0.116. The molecule has 10 aromatic rings. The van der Waals surface area contributed by atoms with Gasteiger partial charge in [0.25, 0.3) is 0 Å². The summed E-state index contributed by atoms with van der Waals surface area (Å²) in [4.78, 5) is 34.1. The van der Waals surface area contributed by atoms with Crippen LogP contribution in [0.25, 0.3) is 33.4 Å². The first-order valence-corrected chi connectivity index (χ1v) is 22.3. The van der Waals surface area contributed by atoms with E-state index < -0.39 is 16.4 Å². The molecule has 0 amide bonds. The number of nitrogens with zero attached hydrogens (tertiary/aromatic N) is 9. The van der Waals surface area contributed by atoms with Crippen molar-refractivity contribution in [1.82, 2.24) is 39.5 Å². The minimum absolute atomic E-state index is 0.292. The first-order valence-electron chi connectivity index (χ1n) is 22.3. The number of aromatic nitrogens is 9. The van der Waals surface area contributed by atoms with Gasteiger partial charge in [-0.2, -0.15) is 0 Å². The molecule has 0 atom stereocenters. The number of aryl methyl sites for hydroxylation is 1. The van der Waals surface area contributed by atoms with E-state index in [4.69, 9.17) is 34.9 Å². The lowest BCUT2D eigenvalue weighted by molar-refractivity contribution is -0.675. The average molecular weight is 852 g/mol. The zero-order valence-electron chi connectivity index (χ0n) is 36.5. The zero-order chi connectivity index (χ0) is 44.2. The lowest BCUT2D eigenvalue weighted by Crippen LogP contribution is -2.38. The SMILES string of the molecule is CC(C)c1ccnc(C2(c3cccc(C4(c5cccc(C6(n7[c-][n+](C)cc7)c7cnccc7-c7ccncc76)c5)c5cnccc5-c5ccncc54)c3)c3cnccc3-c3ccncc32)c1. The van der Waals surface area contributed by atoms with Gasteiger partial charge in [0, 0.05) is 97.2 Å². The Morgan fingerprint density at radius 3 is 1.33 bits per heavy atom. The Morgan fingerprint density at radius 1 is 0.470 bits per heavy atom. The van der Waals surface area contributed by atoms with Gasteiger partial charge in [0.1, 0.15) is 0 Å². The molecular formula is C57H41N9. The van der Waals surface area contributed by atoms with Crippen molar-refractivity contribution >= 4 is 0 Å². The third-order valence-corrected chi connectivity index (χ3v) is 14.5. The molecule has 8 aromatic heterocycles. The van der Waals surface area contributed by atoms with E-state index in [9.17, 15) is 0 Å². The Morgan fingerprint density at radius 2 is 0.879 bits per heavy atom. The number of imidazole rings is 1. The van der Waals surface area contributed by atoms with Gasteiger partial charge in [0.15, 0.2) is 5.54 Å². The summed E-state index contributed by atoms with van der Waals surface area (Å²) < 4.78 is 4.15. The standard InChI is InChI=1S/C57H41N9/c1-36(2)37-10-23-64-54(26-37)56(50-31-60-19-13-44(50)45-14-20-61-32-51(45)56)40-8-4-6-38(27-40)55(48-29-58-17-11-42(48)43-12-18-59-30-49(43)55)39-7-5-9-41(28-39)57(66-25-24-65(3)35-66)52-33-62-21-15-46(52)47-16-22-63-34-53(47)57/h4-34,36H,1-3H3. The molecule has 0 fully saturated rings. The van der Waals surface area contributed by atoms with Crippen LogP contribution in [-0.2, 0) is 23.4 Å². The van der Waals surface area contributed by atoms with Crippen molar-refractivity contribution in [3.8, 4) is 33.4 Å². The molecule has 3 aliphatic carbocycles. The number of pyridine rings is 7. The highest BCUT2D eigenvalue weighted by molar-refractivity contribution is 5.88.